The van der Waals surface area contributed by atoms with Crippen molar-refractivity contribution in [2.24, 2.45) is 0 Å². The van der Waals surface area contributed by atoms with Crippen molar-refractivity contribution in [3.63, 3.8) is 0 Å². The summed E-state index contributed by atoms with van der Waals surface area (Å²) in [4.78, 5) is 12.7. The van der Waals surface area contributed by atoms with Gasteiger partial charge in [-0.3, -0.25) is 4.79 Å². The highest BCUT2D eigenvalue weighted by Crippen LogP contribution is 2.14. The summed E-state index contributed by atoms with van der Waals surface area (Å²) in [7, 11) is 0. The Balaban J connectivity index is 1.42. The van der Waals surface area contributed by atoms with Crippen LogP contribution in [0.4, 0.5) is 5.69 Å². The average molecular weight is 428 g/mol. The van der Waals surface area contributed by atoms with Gasteiger partial charge in [-0.25, -0.2) is 0 Å². The van der Waals surface area contributed by atoms with Crippen LogP contribution in [0.25, 0.3) is 6.08 Å². The standard InChI is InChI=1S/C26H37NO2S/c1-2-29-26(28)16-11-13-23-17-19-24(20-18-23)27-21-10-8-6-4-3-5-7-9-14-25-15-12-22-30-25/h9,12,14-15,17-20,22,27H,2-8,10-11,13,16,21H2,1H3. The normalized spacial score (nSPS) is 11.1. The van der Waals surface area contributed by atoms with Crippen LogP contribution in [0.1, 0.15) is 75.2 Å². The summed E-state index contributed by atoms with van der Waals surface area (Å²) in [6.07, 6.45) is 15.8. The van der Waals surface area contributed by atoms with Gasteiger partial charge in [-0.15, -0.1) is 11.3 Å². The lowest BCUT2D eigenvalue weighted by atomic mass is 10.1. The number of benzene rings is 1. The maximum Gasteiger partial charge on any atom is 0.305 e. The SMILES string of the molecule is CCOC(=O)CCCc1ccc(NCCCCCCCCC=Cc2cccs2)cc1. The van der Waals surface area contributed by atoms with E-state index in [0.29, 0.717) is 13.0 Å². The minimum atomic E-state index is -0.0956. The molecular formula is C26H37NO2S. The molecule has 1 aromatic carbocycles. The van der Waals surface area contributed by atoms with Crippen molar-refractivity contribution in [3.05, 3.63) is 58.3 Å². The fourth-order valence-electron chi connectivity index (χ4n) is 3.37. The number of allylic oxidation sites excluding steroid dienone is 1. The largest absolute Gasteiger partial charge is 0.466 e. The third kappa shape index (κ3) is 11.2. The summed E-state index contributed by atoms with van der Waals surface area (Å²) < 4.78 is 4.96. The maximum atomic E-state index is 11.4. The van der Waals surface area contributed by atoms with Crippen molar-refractivity contribution in [1.82, 2.24) is 0 Å². The molecule has 1 aromatic heterocycles. The van der Waals surface area contributed by atoms with E-state index in [1.807, 2.05) is 6.92 Å². The molecule has 0 aliphatic heterocycles. The van der Waals surface area contributed by atoms with Crippen LogP contribution in [0.2, 0.25) is 0 Å². The van der Waals surface area contributed by atoms with Crippen LogP contribution in [0, 0.1) is 0 Å². The van der Waals surface area contributed by atoms with E-state index < -0.39 is 0 Å². The Morgan fingerprint density at radius 2 is 1.77 bits per heavy atom. The number of hydrogen-bond donors (Lipinski definition) is 1. The summed E-state index contributed by atoms with van der Waals surface area (Å²) in [5.74, 6) is -0.0956. The Morgan fingerprint density at radius 1 is 1.00 bits per heavy atom. The number of aryl methyl sites for hydroxylation is 1. The first-order valence-corrected chi connectivity index (χ1v) is 12.3. The first kappa shape index (κ1) is 24.2. The van der Waals surface area contributed by atoms with Crippen LogP contribution in [-0.4, -0.2) is 19.1 Å². The monoisotopic (exact) mass is 427 g/mol. The van der Waals surface area contributed by atoms with Crippen molar-refractivity contribution in [2.75, 3.05) is 18.5 Å². The van der Waals surface area contributed by atoms with Gasteiger partial charge in [0, 0.05) is 23.5 Å². The molecule has 0 spiro atoms. The van der Waals surface area contributed by atoms with E-state index in [-0.39, 0.29) is 5.97 Å². The van der Waals surface area contributed by atoms with Gasteiger partial charge in [0.15, 0.2) is 0 Å². The van der Waals surface area contributed by atoms with Crippen molar-refractivity contribution < 1.29 is 9.53 Å². The highest BCUT2D eigenvalue weighted by Gasteiger charge is 2.02. The molecule has 0 aliphatic rings. The van der Waals surface area contributed by atoms with Crippen LogP contribution < -0.4 is 5.32 Å². The summed E-state index contributed by atoms with van der Waals surface area (Å²) in [5, 5.41) is 5.64. The topological polar surface area (TPSA) is 38.3 Å². The molecule has 0 aliphatic carbocycles. The Labute approximate surface area is 186 Å². The zero-order valence-electron chi connectivity index (χ0n) is 18.4. The van der Waals surface area contributed by atoms with Gasteiger partial charge in [-0.05, 0) is 74.2 Å². The lowest BCUT2D eigenvalue weighted by Gasteiger charge is -2.08. The molecule has 0 amide bonds. The fraction of sp³-hybridized carbons (Fsp3) is 0.500. The van der Waals surface area contributed by atoms with Crippen LogP contribution in [0.3, 0.4) is 0 Å². The second-order valence-electron chi connectivity index (χ2n) is 7.61. The molecular weight excluding hydrogens is 390 g/mol. The van der Waals surface area contributed by atoms with Crippen LogP contribution in [-0.2, 0) is 16.0 Å². The Hall–Kier alpha value is -2.07. The predicted molar refractivity (Wildman–Crippen MR) is 130 cm³/mol. The summed E-state index contributed by atoms with van der Waals surface area (Å²) in [6, 6.07) is 12.9. The zero-order valence-corrected chi connectivity index (χ0v) is 19.2. The van der Waals surface area contributed by atoms with Gasteiger partial charge in [0.2, 0.25) is 0 Å². The molecule has 2 aromatic rings. The summed E-state index contributed by atoms with van der Waals surface area (Å²) in [5.41, 5.74) is 2.46. The van der Waals surface area contributed by atoms with E-state index in [4.69, 9.17) is 4.74 Å². The van der Waals surface area contributed by atoms with E-state index in [1.165, 1.54) is 61.1 Å². The molecule has 164 valence electrons. The molecule has 0 atom stereocenters. The summed E-state index contributed by atoms with van der Waals surface area (Å²) in [6.45, 7) is 3.34. The number of rotatable bonds is 16. The minimum absolute atomic E-state index is 0.0956. The molecule has 0 unspecified atom stereocenters. The van der Waals surface area contributed by atoms with Crippen LogP contribution >= 0.6 is 11.3 Å². The number of unbranched alkanes of at least 4 members (excludes halogenated alkanes) is 6. The first-order valence-electron chi connectivity index (χ1n) is 11.5. The first-order chi connectivity index (χ1) is 14.8. The molecule has 0 saturated carbocycles. The second-order valence-corrected chi connectivity index (χ2v) is 8.59. The number of thiophene rings is 1. The second kappa shape index (κ2) is 15.7. The zero-order chi connectivity index (χ0) is 21.3. The van der Waals surface area contributed by atoms with Gasteiger partial charge in [-0.2, -0.15) is 0 Å². The number of anilines is 1. The molecule has 4 heteroatoms. The van der Waals surface area contributed by atoms with Crippen LogP contribution in [0.15, 0.2) is 47.9 Å². The molecule has 1 N–H and O–H groups in total. The highest BCUT2D eigenvalue weighted by molar-refractivity contribution is 7.10. The number of hydrogen-bond acceptors (Lipinski definition) is 4. The van der Waals surface area contributed by atoms with Crippen molar-refractivity contribution in [3.8, 4) is 0 Å². The minimum Gasteiger partial charge on any atom is -0.466 e. The number of carbonyl (C=O) groups excluding carboxylic acids is 1. The maximum absolute atomic E-state index is 11.4. The lowest BCUT2D eigenvalue weighted by molar-refractivity contribution is -0.143. The van der Waals surface area contributed by atoms with E-state index in [2.05, 4.69) is 59.2 Å². The van der Waals surface area contributed by atoms with Crippen LogP contribution in [0.5, 0.6) is 0 Å². The third-order valence-corrected chi connectivity index (χ3v) is 5.90. The fourth-order valence-corrected chi connectivity index (χ4v) is 4.02. The molecule has 0 fully saturated rings. The Kier molecular flexibility index (Phi) is 12.7. The van der Waals surface area contributed by atoms with Gasteiger partial charge in [0.25, 0.3) is 0 Å². The van der Waals surface area contributed by atoms with E-state index in [0.717, 1.165) is 19.4 Å². The summed E-state index contributed by atoms with van der Waals surface area (Å²) >= 11 is 1.80. The van der Waals surface area contributed by atoms with Gasteiger partial charge in [0.05, 0.1) is 6.61 Å². The van der Waals surface area contributed by atoms with Crippen molar-refractivity contribution in [2.45, 2.75) is 71.1 Å². The smallest absolute Gasteiger partial charge is 0.305 e. The van der Waals surface area contributed by atoms with Crippen molar-refractivity contribution >= 4 is 29.1 Å². The number of carbonyl (C=O) groups is 1. The third-order valence-electron chi connectivity index (χ3n) is 5.06. The molecule has 1 heterocycles. The Morgan fingerprint density at radius 3 is 2.50 bits per heavy atom. The molecule has 0 bridgehead atoms. The van der Waals surface area contributed by atoms with Crippen molar-refractivity contribution in [1.29, 1.82) is 0 Å². The molecule has 0 saturated heterocycles. The Bertz CT molecular complexity index is 707. The van der Waals surface area contributed by atoms with E-state index in [1.54, 1.807) is 11.3 Å². The number of ether oxygens (including phenoxy) is 1. The molecule has 2 rings (SSSR count). The average Bonchev–Trinajstić information content (AvgIpc) is 3.27. The van der Waals surface area contributed by atoms with E-state index in [9.17, 15) is 4.79 Å². The van der Waals surface area contributed by atoms with Gasteiger partial charge >= 0.3 is 5.97 Å². The number of nitrogens with one attached hydrogen (secondary N) is 1. The van der Waals surface area contributed by atoms with E-state index >= 15 is 0 Å². The predicted octanol–water partition coefficient (Wildman–Crippen LogP) is 7.49. The molecule has 3 nitrogen and oxygen atoms in total. The van der Waals surface area contributed by atoms with Gasteiger partial charge < -0.3 is 10.1 Å². The number of esters is 1. The van der Waals surface area contributed by atoms with Gasteiger partial charge in [0.1, 0.15) is 0 Å². The lowest BCUT2D eigenvalue weighted by Crippen LogP contribution is -2.04. The highest BCUT2D eigenvalue weighted by atomic mass is 32.1. The molecule has 0 radical (unpaired) electrons. The quantitative estimate of drug-likeness (QED) is 0.223. The molecule has 30 heavy (non-hydrogen) atoms. The van der Waals surface area contributed by atoms with Gasteiger partial charge in [-0.1, -0.05) is 50.0 Å².